The third-order valence-electron chi connectivity index (χ3n) is 4.56. The van der Waals surface area contributed by atoms with E-state index < -0.39 is 0 Å². The molecule has 2 aromatic heterocycles. The highest BCUT2D eigenvalue weighted by molar-refractivity contribution is 5.75. The molecule has 0 unspecified atom stereocenters. The molecule has 1 saturated heterocycles. The molecule has 6 nitrogen and oxygen atoms in total. The number of hydrogen-bond acceptors (Lipinski definition) is 6. The molecule has 1 aliphatic rings. The summed E-state index contributed by atoms with van der Waals surface area (Å²) < 4.78 is 5.69. The Morgan fingerprint density at radius 2 is 1.75 bits per heavy atom. The fourth-order valence-corrected chi connectivity index (χ4v) is 3.03. The van der Waals surface area contributed by atoms with E-state index in [9.17, 15) is 0 Å². The van der Waals surface area contributed by atoms with Gasteiger partial charge in [0.25, 0.3) is 0 Å². The van der Waals surface area contributed by atoms with Crippen LogP contribution in [0.25, 0.3) is 11.0 Å². The smallest absolute Gasteiger partial charge is 0.208 e. The van der Waals surface area contributed by atoms with Gasteiger partial charge in [0, 0.05) is 26.2 Å². The van der Waals surface area contributed by atoms with Crippen LogP contribution in [0.15, 0.2) is 34.9 Å². The Hall–Kier alpha value is -2.47. The van der Waals surface area contributed by atoms with Crippen LogP contribution in [0.4, 0.5) is 5.82 Å². The van der Waals surface area contributed by atoms with Crippen LogP contribution in [0.5, 0.6) is 0 Å². The zero-order chi connectivity index (χ0) is 16.5. The number of aromatic nitrogens is 3. The van der Waals surface area contributed by atoms with Gasteiger partial charge in [-0.3, -0.25) is 9.88 Å². The Morgan fingerprint density at radius 1 is 1.00 bits per heavy atom. The zero-order valence-corrected chi connectivity index (χ0v) is 14.1. The van der Waals surface area contributed by atoms with Gasteiger partial charge in [0.2, 0.25) is 5.89 Å². The van der Waals surface area contributed by atoms with Gasteiger partial charge in [-0.25, -0.2) is 9.97 Å². The van der Waals surface area contributed by atoms with Gasteiger partial charge in [-0.05, 0) is 26.0 Å². The average molecular weight is 323 g/mol. The van der Waals surface area contributed by atoms with E-state index in [-0.39, 0.29) is 0 Å². The van der Waals surface area contributed by atoms with E-state index in [0.717, 1.165) is 66.9 Å². The summed E-state index contributed by atoms with van der Waals surface area (Å²) in [5, 5.41) is 0. The number of piperazine rings is 1. The van der Waals surface area contributed by atoms with Gasteiger partial charge in [-0.15, -0.1) is 0 Å². The minimum absolute atomic E-state index is 0.770. The number of benzene rings is 1. The molecule has 0 N–H and O–H groups in total. The van der Waals surface area contributed by atoms with Crippen molar-refractivity contribution in [3.05, 3.63) is 47.8 Å². The maximum Gasteiger partial charge on any atom is 0.208 e. The van der Waals surface area contributed by atoms with Crippen molar-refractivity contribution >= 4 is 16.9 Å². The molecule has 3 aromatic rings. The van der Waals surface area contributed by atoms with Crippen LogP contribution < -0.4 is 4.90 Å². The molecule has 0 amide bonds. The number of oxazole rings is 1. The van der Waals surface area contributed by atoms with E-state index >= 15 is 0 Å². The molecule has 0 atom stereocenters. The highest BCUT2D eigenvalue weighted by atomic mass is 16.4. The summed E-state index contributed by atoms with van der Waals surface area (Å²) in [5.74, 6) is 2.68. The molecule has 0 aliphatic carbocycles. The molecule has 1 aromatic carbocycles. The minimum atomic E-state index is 0.770. The lowest BCUT2D eigenvalue weighted by molar-refractivity contribution is 0.224. The van der Waals surface area contributed by atoms with Crippen LogP contribution in [0, 0.1) is 13.8 Å². The molecule has 0 saturated carbocycles. The Labute approximate surface area is 141 Å². The van der Waals surface area contributed by atoms with Crippen LogP contribution in [-0.4, -0.2) is 46.0 Å². The SMILES string of the molecule is Cc1nc(CN2CCN(c3cnc4ccccc4n3)CC2)oc1C. The Morgan fingerprint density at radius 3 is 2.46 bits per heavy atom. The Balaban J connectivity index is 1.41. The summed E-state index contributed by atoms with van der Waals surface area (Å²) in [6.45, 7) is 8.52. The van der Waals surface area contributed by atoms with Crippen molar-refractivity contribution in [2.24, 2.45) is 0 Å². The molecule has 0 radical (unpaired) electrons. The molecule has 124 valence electrons. The van der Waals surface area contributed by atoms with Crippen LogP contribution >= 0.6 is 0 Å². The topological polar surface area (TPSA) is 58.3 Å². The van der Waals surface area contributed by atoms with Crippen molar-refractivity contribution in [3.63, 3.8) is 0 Å². The summed E-state index contributed by atoms with van der Waals surface area (Å²) in [6.07, 6.45) is 1.87. The van der Waals surface area contributed by atoms with Gasteiger partial charge in [-0.2, -0.15) is 0 Å². The number of nitrogens with zero attached hydrogens (tertiary/aromatic N) is 5. The molecule has 1 aliphatic heterocycles. The predicted molar refractivity (Wildman–Crippen MR) is 93.0 cm³/mol. The maximum atomic E-state index is 5.69. The summed E-state index contributed by atoms with van der Waals surface area (Å²) in [7, 11) is 0. The fourth-order valence-electron chi connectivity index (χ4n) is 3.03. The molecular formula is C18H21N5O. The Bertz CT molecular complexity index is 832. The number of rotatable bonds is 3. The monoisotopic (exact) mass is 323 g/mol. The number of para-hydroxylation sites is 2. The molecule has 24 heavy (non-hydrogen) atoms. The average Bonchev–Trinajstić information content (AvgIpc) is 2.92. The largest absolute Gasteiger partial charge is 0.444 e. The fraction of sp³-hybridized carbons (Fsp3) is 0.389. The summed E-state index contributed by atoms with van der Waals surface area (Å²) in [4.78, 5) is 18.4. The summed E-state index contributed by atoms with van der Waals surface area (Å²) in [5.41, 5.74) is 2.87. The second kappa shape index (κ2) is 6.20. The van der Waals surface area contributed by atoms with Gasteiger partial charge < -0.3 is 9.32 Å². The van der Waals surface area contributed by atoms with Crippen molar-refractivity contribution in [1.29, 1.82) is 0 Å². The lowest BCUT2D eigenvalue weighted by Gasteiger charge is -2.34. The number of anilines is 1. The molecule has 6 heteroatoms. The van der Waals surface area contributed by atoms with Crippen molar-refractivity contribution < 1.29 is 4.42 Å². The van der Waals surface area contributed by atoms with Crippen molar-refractivity contribution in [1.82, 2.24) is 19.9 Å². The van der Waals surface area contributed by atoms with Crippen LogP contribution in [0.2, 0.25) is 0 Å². The predicted octanol–water partition coefficient (Wildman–Crippen LogP) is 2.56. The molecule has 1 fully saturated rings. The van der Waals surface area contributed by atoms with E-state index in [1.807, 2.05) is 44.3 Å². The van der Waals surface area contributed by atoms with Gasteiger partial charge in [-0.1, -0.05) is 12.1 Å². The van der Waals surface area contributed by atoms with Gasteiger partial charge in [0.1, 0.15) is 11.6 Å². The highest BCUT2D eigenvalue weighted by Gasteiger charge is 2.20. The maximum absolute atomic E-state index is 5.69. The van der Waals surface area contributed by atoms with E-state index in [1.165, 1.54) is 0 Å². The van der Waals surface area contributed by atoms with Crippen molar-refractivity contribution in [2.75, 3.05) is 31.1 Å². The first-order valence-electron chi connectivity index (χ1n) is 8.31. The van der Waals surface area contributed by atoms with Gasteiger partial charge in [0.05, 0.1) is 29.5 Å². The first-order valence-corrected chi connectivity index (χ1v) is 8.31. The molecule has 0 bridgehead atoms. The van der Waals surface area contributed by atoms with Crippen LogP contribution in [-0.2, 0) is 6.54 Å². The Kier molecular flexibility index (Phi) is 3.90. The van der Waals surface area contributed by atoms with E-state index in [4.69, 9.17) is 9.40 Å². The first-order chi connectivity index (χ1) is 11.7. The van der Waals surface area contributed by atoms with E-state index in [2.05, 4.69) is 19.8 Å². The van der Waals surface area contributed by atoms with E-state index in [0.29, 0.717) is 0 Å². The number of aryl methyl sites for hydroxylation is 2. The standard InChI is InChI=1S/C18H21N5O/c1-13-14(2)24-18(20-13)12-22-7-9-23(10-8-22)17-11-19-15-5-3-4-6-16(15)21-17/h3-6,11H,7-10,12H2,1-2H3. The second-order valence-electron chi connectivity index (χ2n) is 6.23. The second-order valence-corrected chi connectivity index (χ2v) is 6.23. The lowest BCUT2D eigenvalue weighted by atomic mass is 10.3. The summed E-state index contributed by atoms with van der Waals surface area (Å²) >= 11 is 0. The molecule has 0 spiro atoms. The quantitative estimate of drug-likeness (QED) is 0.738. The summed E-state index contributed by atoms with van der Waals surface area (Å²) in [6, 6.07) is 7.99. The third kappa shape index (κ3) is 2.97. The number of fused-ring (bicyclic) bond motifs is 1. The highest BCUT2D eigenvalue weighted by Crippen LogP contribution is 2.18. The van der Waals surface area contributed by atoms with E-state index in [1.54, 1.807) is 0 Å². The minimum Gasteiger partial charge on any atom is -0.444 e. The van der Waals surface area contributed by atoms with Crippen molar-refractivity contribution in [2.45, 2.75) is 20.4 Å². The van der Waals surface area contributed by atoms with Crippen molar-refractivity contribution in [3.8, 4) is 0 Å². The molecule has 4 rings (SSSR count). The number of hydrogen-bond donors (Lipinski definition) is 0. The van der Waals surface area contributed by atoms with Gasteiger partial charge >= 0.3 is 0 Å². The first kappa shape index (κ1) is 15.1. The third-order valence-corrected chi connectivity index (χ3v) is 4.56. The van der Waals surface area contributed by atoms with Gasteiger partial charge in [0.15, 0.2) is 0 Å². The van der Waals surface area contributed by atoms with Crippen LogP contribution in [0.1, 0.15) is 17.3 Å². The lowest BCUT2D eigenvalue weighted by Crippen LogP contribution is -2.46. The normalized spacial score (nSPS) is 16.0. The zero-order valence-electron chi connectivity index (χ0n) is 14.1. The molecular weight excluding hydrogens is 302 g/mol. The molecule has 3 heterocycles. The van der Waals surface area contributed by atoms with Crippen LogP contribution in [0.3, 0.4) is 0 Å².